The molecule has 0 unspecified atom stereocenters. The van der Waals surface area contributed by atoms with Gasteiger partial charge in [-0.1, -0.05) is 18.2 Å². The Hall–Kier alpha value is -1.55. The smallest absolute Gasteiger partial charge is 0.410 e. The Balaban J connectivity index is 1.99. The molecule has 1 N–H and O–H groups in total. The number of carbonyl (C=O) groups is 1. The fourth-order valence-electron chi connectivity index (χ4n) is 1.68. The summed E-state index contributed by atoms with van der Waals surface area (Å²) in [6.45, 7) is 5.03. The molecule has 1 aromatic carbocycles. The van der Waals surface area contributed by atoms with Gasteiger partial charge in [0.05, 0.1) is 0 Å². The molecule has 4 nitrogen and oxygen atoms in total. The maximum atomic E-state index is 11.8. The van der Waals surface area contributed by atoms with E-state index in [0.717, 1.165) is 18.7 Å². The zero-order chi connectivity index (χ0) is 11.4. The predicted octanol–water partition coefficient (Wildman–Crippen LogP) is 1.40. The highest BCUT2D eigenvalue weighted by Crippen LogP contribution is 2.17. The van der Waals surface area contributed by atoms with Gasteiger partial charge in [0.2, 0.25) is 0 Å². The summed E-state index contributed by atoms with van der Waals surface area (Å²) in [4.78, 5) is 13.5. The molecule has 0 radical (unpaired) electrons. The minimum absolute atomic E-state index is 0.254. The van der Waals surface area contributed by atoms with Crippen molar-refractivity contribution in [1.29, 1.82) is 0 Å². The van der Waals surface area contributed by atoms with Crippen LogP contribution < -0.4 is 10.1 Å². The standard InChI is InChI=1S/C12H16N2O2/c1-10-4-2-3-5-11(10)16-12(15)14-8-6-13-7-9-14/h2-5,13H,6-9H2,1H3. The molecule has 4 heteroatoms. The highest BCUT2D eigenvalue weighted by atomic mass is 16.6. The van der Waals surface area contributed by atoms with E-state index in [1.54, 1.807) is 4.90 Å². The first-order valence-electron chi connectivity index (χ1n) is 5.50. The SMILES string of the molecule is Cc1ccccc1OC(=O)N1CCNCC1. The minimum atomic E-state index is -0.254. The summed E-state index contributed by atoms with van der Waals surface area (Å²) in [7, 11) is 0. The topological polar surface area (TPSA) is 41.6 Å². The molecule has 0 bridgehead atoms. The molecule has 0 spiro atoms. The number of carbonyl (C=O) groups excluding carboxylic acids is 1. The van der Waals surface area contributed by atoms with E-state index >= 15 is 0 Å². The highest BCUT2D eigenvalue weighted by Gasteiger charge is 2.18. The van der Waals surface area contributed by atoms with E-state index < -0.39 is 0 Å². The molecule has 1 aromatic rings. The van der Waals surface area contributed by atoms with Gasteiger partial charge in [0, 0.05) is 26.2 Å². The second-order valence-electron chi connectivity index (χ2n) is 3.87. The van der Waals surface area contributed by atoms with Crippen molar-refractivity contribution in [3.05, 3.63) is 29.8 Å². The first-order valence-corrected chi connectivity index (χ1v) is 5.50. The lowest BCUT2D eigenvalue weighted by Crippen LogP contribution is -2.47. The van der Waals surface area contributed by atoms with Crippen LogP contribution in [0.2, 0.25) is 0 Å². The second kappa shape index (κ2) is 4.99. The number of benzene rings is 1. The Bertz CT molecular complexity index is 373. The average Bonchev–Trinajstić information content (AvgIpc) is 2.33. The zero-order valence-electron chi connectivity index (χ0n) is 9.40. The van der Waals surface area contributed by atoms with Gasteiger partial charge in [-0.3, -0.25) is 0 Å². The van der Waals surface area contributed by atoms with E-state index in [1.807, 2.05) is 31.2 Å². The largest absolute Gasteiger partial charge is 0.415 e. The van der Waals surface area contributed by atoms with Gasteiger partial charge < -0.3 is 15.0 Å². The van der Waals surface area contributed by atoms with Crippen LogP contribution in [0.4, 0.5) is 4.79 Å². The third kappa shape index (κ3) is 2.52. The van der Waals surface area contributed by atoms with Crippen LogP contribution in [-0.4, -0.2) is 37.2 Å². The molecular weight excluding hydrogens is 204 g/mol. The van der Waals surface area contributed by atoms with Crippen LogP contribution in [-0.2, 0) is 0 Å². The van der Waals surface area contributed by atoms with Crippen molar-refractivity contribution >= 4 is 6.09 Å². The number of piperazine rings is 1. The first-order chi connectivity index (χ1) is 7.77. The molecule has 1 heterocycles. The number of amides is 1. The summed E-state index contributed by atoms with van der Waals surface area (Å²) in [6, 6.07) is 7.54. The summed E-state index contributed by atoms with van der Waals surface area (Å²) < 4.78 is 5.34. The lowest BCUT2D eigenvalue weighted by atomic mass is 10.2. The molecule has 0 atom stereocenters. The molecule has 1 aliphatic rings. The number of hydrogen-bond donors (Lipinski definition) is 1. The molecule has 1 amide bonds. The quantitative estimate of drug-likeness (QED) is 0.777. The van der Waals surface area contributed by atoms with Crippen molar-refractivity contribution in [3.63, 3.8) is 0 Å². The van der Waals surface area contributed by atoms with Crippen molar-refractivity contribution in [2.45, 2.75) is 6.92 Å². The van der Waals surface area contributed by atoms with Gasteiger partial charge in [-0.15, -0.1) is 0 Å². The molecule has 86 valence electrons. The van der Waals surface area contributed by atoms with Gasteiger partial charge >= 0.3 is 6.09 Å². The van der Waals surface area contributed by atoms with Crippen LogP contribution in [0.25, 0.3) is 0 Å². The molecule has 1 aliphatic heterocycles. The average molecular weight is 220 g/mol. The Morgan fingerprint density at radius 2 is 2.00 bits per heavy atom. The van der Waals surface area contributed by atoms with Gasteiger partial charge in [0.1, 0.15) is 5.75 Å². The fourth-order valence-corrected chi connectivity index (χ4v) is 1.68. The Morgan fingerprint density at radius 1 is 1.31 bits per heavy atom. The summed E-state index contributed by atoms with van der Waals surface area (Å²) in [5, 5.41) is 3.20. The van der Waals surface area contributed by atoms with Crippen LogP contribution >= 0.6 is 0 Å². The number of hydrogen-bond acceptors (Lipinski definition) is 3. The monoisotopic (exact) mass is 220 g/mol. The van der Waals surface area contributed by atoms with E-state index in [2.05, 4.69) is 5.32 Å². The van der Waals surface area contributed by atoms with Gasteiger partial charge in [0.25, 0.3) is 0 Å². The number of para-hydroxylation sites is 1. The van der Waals surface area contributed by atoms with E-state index in [4.69, 9.17) is 4.74 Å². The lowest BCUT2D eigenvalue weighted by molar-refractivity contribution is 0.145. The summed E-state index contributed by atoms with van der Waals surface area (Å²) in [6.07, 6.45) is -0.254. The van der Waals surface area contributed by atoms with E-state index in [-0.39, 0.29) is 6.09 Å². The molecule has 0 saturated carbocycles. The van der Waals surface area contributed by atoms with Gasteiger partial charge in [-0.2, -0.15) is 0 Å². The molecule has 0 aliphatic carbocycles. The Kier molecular flexibility index (Phi) is 3.41. The van der Waals surface area contributed by atoms with Crippen molar-refractivity contribution in [2.24, 2.45) is 0 Å². The van der Waals surface area contributed by atoms with Gasteiger partial charge in [0.15, 0.2) is 0 Å². The highest BCUT2D eigenvalue weighted by molar-refractivity contribution is 5.71. The normalized spacial score (nSPS) is 15.9. The minimum Gasteiger partial charge on any atom is -0.410 e. The molecule has 1 fully saturated rings. The van der Waals surface area contributed by atoms with Crippen LogP contribution in [0, 0.1) is 6.92 Å². The van der Waals surface area contributed by atoms with Crippen LogP contribution in [0.15, 0.2) is 24.3 Å². The summed E-state index contributed by atoms with van der Waals surface area (Å²) in [5.74, 6) is 0.644. The van der Waals surface area contributed by atoms with Crippen molar-refractivity contribution in [2.75, 3.05) is 26.2 Å². The Morgan fingerprint density at radius 3 is 2.69 bits per heavy atom. The van der Waals surface area contributed by atoms with Crippen LogP contribution in [0.5, 0.6) is 5.75 Å². The summed E-state index contributed by atoms with van der Waals surface area (Å²) in [5.41, 5.74) is 0.978. The van der Waals surface area contributed by atoms with E-state index in [1.165, 1.54) is 0 Å². The third-order valence-corrected chi connectivity index (χ3v) is 2.67. The van der Waals surface area contributed by atoms with Gasteiger partial charge in [-0.25, -0.2) is 4.79 Å². The molecule has 16 heavy (non-hydrogen) atoms. The molecule has 1 saturated heterocycles. The zero-order valence-corrected chi connectivity index (χ0v) is 9.40. The Labute approximate surface area is 95.2 Å². The number of aryl methyl sites for hydroxylation is 1. The van der Waals surface area contributed by atoms with E-state index in [0.29, 0.717) is 18.8 Å². The number of nitrogens with one attached hydrogen (secondary N) is 1. The van der Waals surface area contributed by atoms with Crippen LogP contribution in [0.3, 0.4) is 0 Å². The number of nitrogens with zero attached hydrogens (tertiary/aromatic N) is 1. The second-order valence-corrected chi connectivity index (χ2v) is 3.87. The van der Waals surface area contributed by atoms with Crippen molar-refractivity contribution in [3.8, 4) is 5.75 Å². The maximum Gasteiger partial charge on any atom is 0.415 e. The molecule has 2 rings (SSSR count). The summed E-state index contributed by atoms with van der Waals surface area (Å²) >= 11 is 0. The molecule has 0 aromatic heterocycles. The number of ether oxygens (including phenoxy) is 1. The number of rotatable bonds is 1. The van der Waals surface area contributed by atoms with Crippen LogP contribution in [0.1, 0.15) is 5.56 Å². The van der Waals surface area contributed by atoms with Crippen molar-refractivity contribution < 1.29 is 9.53 Å². The first kappa shape index (κ1) is 11.0. The maximum absolute atomic E-state index is 11.8. The van der Waals surface area contributed by atoms with Crippen molar-refractivity contribution in [1.82, 2.24) is 10.2 Å². The van der Waals surface area contributed by atoms with Gasteiger partial charge in [-0.05, 0) is 18.6 Å². The van der Waals surface area contributed by atoms with E-state index in [9.17, 15) is 4.79 Å². The fraction of sp³-hybridized carbons (Fsp3) is 0.417. The predicted molar refractivity (Wildman–Crippen MR) is 61.6 cm³/mol. The molecular formula is C12H16N2O2. The lowest BCUT2D eigenvalue weighted by Gasteiger charge is -2.26. The third-order valence-electron chi connectivity index (χ3n) is 2.67.